The molecule has 0 aromatic heterocycles. The smallest absolute Gasteiger partial charge is 0.255 e. The minimum atomic E-state index is -0.118. The summed E-state index contributed by atoms with van der Waals surface area (Å²) in [4.78, 5) is 12.0. The third-order valence-electron chi connectivity index (χ3n) is 2.58. The monoisotopic (exact) mass is 352 g/mol. The molecule has 2 aromatic rings. The van der Waals surface area contributed by atoms with Gasteiger partial charge in [-0.1, -0.05) is 24.3 Å². The van der Waals surface area contributed by atoms with Crippen molar-refractivity contribution in [2.45, 2.75) is 6.54 Å². The molecule has 0 saturated heterocycles. The second-order valence-electron chi connectivity index (χ2n) is 3.83. The van der Waals surface area contributed by atoms with E-state index in [1.54, 1.807) is 12.1 Å². The highest BCUT2D eigenvalue weighted by Crippen LogP contribution is 2.19. The lowest BCUT2D eigenvalue weighted by Gasteiger charge is -2.10. The van der Waals surface area contributed by atoms with Gasteiger partial charge in [-0.3, -0.25) is 4.79 Å². The number of benzene rings is 2. The average Bonchev–Trinajstić information content (AvgIpc) is 2.40. The normalized spacial score (nSPS) is 10.1. The SMILES string of the molecule is NCc1ccc(I)cc1NC(=O)c1ccccc1. The number of carbonyl (C=O) groups excluding carboxylic acids is 1. The molecule has 2 aromatic carbocycles. The summed E-state index contributed by atoms with van der Waals surface area (Å²) in [5.74, 6) is -0.118. The molecule has 0 aliphatic carbocycles. The molecule has 0 heterocycles. The molecule has 0 aliphatic rings. The van der Waals surface area contributed by atoms with E-state index >= 15 is 0 Å². The number of nitrogens with one attached hydrogen (secondary N) is 1. The number of hydrogen-bond acceptors (Lipinski definition) is 2. The number of hydrogen-bond donors (Lipinski definition) is 2. The molecule has 18 heavy (non-hydrogen) atoms. The van der Waals surface area contributed by atoms with Gasteiger partial charge in [0.25, 0.3) is 5.91 Å². The summed E-state index contributed by atoms with van der Waals surface area (Å²) in [7, 11) is 0. The second kappa shape index (κ2) is 5.97. The van der Waals surface area contributed by atoms with Crippen molar-refractivity contribution in [2.75, 3.05) is 5.32 Å². The van der Waals surface area contributed by atoms with Crippen molar-refractivity contribution in [1.82, 2.24) is 0 Å². The fourth-order valence-corrected chi connectivity index (χ4v) is 2.12. The van der Waals surface area contributed by atoms with Crippen LogP contribution in [0.25, 0.3) is 0 Å². The molecular weight excluding hydrogens is 339 g/mol. The van der Waals surface area contributed by atoms with Gasteiger partial charge in [-0.25, -0.2) is 0 Å². The van der Waals surface area contributed by atoms with Crippen molar-refractivity contribution >= 4 is 34.2 Å². The Hall–Kier alpha value is -1.40. The molecule has 0 radical (unpaired) electrons. The maximum absolute atomic E-state index is 12.0. The fourth-order valence-electron chi connectivity index (χ4n) is 1.63. The summed E-state index contributed by atoms with van der Waals surface area (Å²) in [6.07, 6.45) is 0. The van der Waals surface area contributed by atoms with Crippen molar-refractivity contribution < 1.29 is 4.79 Å². The van der Waals surface area contributed by atoms with E-state index in [-0.39, 0.29) is 5.91 Å². The molecule has 1 amide bonds. The molecule has 3 nitrogen and oxygen atoms in total. The summed E-state index contributed by atoms with van der Waals surface area (Å²) in [6.45, 7) is 0.404. The number of carbonyl (C=O) groups is 1. The summed E-state index contributed by atoms with van der Waals surface area (Å²) in [5.41, 5.74) is 8.01. The number of rotatable bonds is 3. The van der Waals surface area contributed by atoms with Gasteiger partial charge < -0.3 is 11.1 Å². The third kappa shape index (κ3) is 3.08. The highest BCUT2D eigenvalue weighted by atomic mass is 127. The zero-order chi connectivity index (χ0) is 13.0. The number of amides is 1. The first-order chi connectivity index (χ1) is 8.70. The first-order valence-corrected chi connectivity index (χ1v) is 6.63. The Morgan fingerprint density at radius 1 is 1.17 bits per heavy atom. The van der Waals surface area contributed by atoms with Gasteiger partial charge in [-0.2, -0.15) is 0 Å². The van der Waals surface area contributed by atoms with Gasteiger partial charge in [0.2, 0.25) is 0 Å². The van der Waals surface area contributed by atoms with E-state index in [1.165, 1.54) is 0 Å². The van der Waals surface area contributed by atoms with E-state index in [9.17, 15) is 4.79 Å². The Kier molecular flexibility index (Phi) is 4.33. The predicted molar refractivity (Wildman–Crippen MR) is 81.4 cm³/mol. The summed E-state index contributed by atoms with van der Waals surface area (Å²) in [6, 6.07) is 15.0. The summed E-state index contributed by atoms with van der Waals surface area (Å²) >= 11 is 2.21. The largest absolute Gasteiger partial charge is 0.326 e. The van der Waals surface area contributed by atoms with Crippen molar-refractivity contribution in [3.63, 3.8) is 0 Å². The van der Waals surface area contributed by atoms with Crippen LogP contribution in [-0.2, 0) is 6.54 Å². The van der Waals surface area contributed by atoms with E-state index in [0.29, 0.717) is 12.1 Å². The van der Waals surface area contributed by atoms with Crippen LogP contribution in [-0.4, -0.2) is 5.91 Å². The number of nitrogens with two attached hydrogens (primary N) is 1. The van der Waals surface area contributed by atoms with Crippen LogP contribution in [0.4, 0.5) is 5.69 Å². The van der Waals surface area contributed by atoms with Crippen LogP contribution >= 0.6 is 22.6 Å². The molecule has 2 rings (SSSR count). The Labute approximate surface area is 120 Å². The van der Waals surface area contributed by atoms with Gasteiger partial charge in [-0.05, 0) is 52.4 Å². The highest BCUT2D eigenvalue weighted by Gasteiger charge is 2.08. The van der Waals surface area contributed by atoms with Crippen LogP contribution in [0.2, 0.25) is 0 Å². The highest BCUT2D eigenvalue weighted by molar-refractivity contribution is 14.1. The lowest BCUT2D eigenvalue weighted by molar-refractivity contribution is 0.102. The molecule has 0 unspecified atom stereocenters. The van der Waals surface area contributed by atoms with Gasteiger partial charge in [0.1, 0.15) is 0 Å². The van der Waals surface area contributed by atoms with Gasteiger partial charge in [0.15, 0.2) is 0 Å². The minimum Gasteiger partial charge on any atom is -0.326 e. The Morgan fingerprint density at radius 2 is 1.89 bits per heavy atom. The van der Waals surface area contributed by atoms with Gasteiger partial charge >= 0.3 is 0 Å². The van der Waals surface area contributed by atoms with Gasteiger partial charge in [0, 0.05) is 21.4 Å². The van der Waals surface area contributed by atoms with E-state index in [4.69, 9.17) is 5.73 Å². The molecule has 4 heteroatoms. The van der Waals surface area contributed by atoms with Crippen molar-refractivity contribution in [3.8, 4) is 0 Å². The Bertz CT molecular complexity index is 555. The maximum atomic E-state index is 12.0. The molecule has 0 fully saturated rings. The average molecular weight is 352 g/mol. The molecule has 0 atom stereocenters. The number of halogens is 1. The van der Waals surface area contributed by atoms with Crippen molar-refractivity contribution in [1.29, 1.82) is 0 Å². The summed E-state index contributed by atoms with van der Waals surface area (Å²) in [5, 5.41) is 2.89. The van der Waals surface area contributed by atoms with Crippen LogP contribution in [0.3, 0.4) is 0 Å². The van der Waals surface area contributed by atoms with E-state index in [0.717, 1.165) is 14.8 Å². The molecular formula is C14H13IN2O. The third-order valence-corrected chi connectivity index (χ3v) is 3.25. The lowest BCUT2D eigenvalue weighted by Crippen LogP contribution is -2.14. The minimum absolute atomic E-state index is 0.118. The quantitative estimate of drug-likeness (QED) is 0.835. The molecule has 92 valence electrons. The van der Waals surface area contributed by atoms with E-state index in [2.05, 4.69) is 27.9 Å². The van der Waals surface area contributed by atoms with Crippen LogP contribution < -0.4 is 11.1 Å². The number of anilines is 1. The van der Waals surface area contributed by atoms with Crippen LogP contribution in [0.15, 0.2) is 48.5 Å². The Balaban J connectivity index is 2.24. The van der Waals surface area contributed by atoms with Crippen LogP contribution in [0.5, 0.6) is 0 Å². The topological polar surface area (TPSA) is 55.1 Å². The molecule has 0 saturated carbocycles. The van der Waals surface area contributed by atoms with Crippen LogP contribution in [0, 0.1) is 3.57 Å². The summed E-state index contributed by atoms with van der Waals surface area (Å²) < 4.78 is 1.06. The molecule has 0 spiro atoms. The van der Waals surface area contributed by atoms with Gasteiger partial charge in [0.05, 0.1) is 0 Å². The lowest BCUT2D eigenvalue weighted by atomic mass is 10.1. The van der Waals surface area contributed by atoms with Gasteiger partial charge in [-0.15, -0.1) is 0 Å². The van der Waals surface area contributed by atoms with Crippen molar-refractivity contribution in [2.24, 2.45) is 5.73 Å². The molecule has 0 bridgehead atoms. The molecule has 0 aliphatic heterocycles. The first kappa shape index (κ1) is 13.0. The second-order valence-corrected chi connectivity index (χ2v) is 5.07. The zero-order valence-electron chi connectivity index (χ0n) is 9.69. The first-order valence-electron chi connectivity index (χ1n) is 5.55. The van der Waals surface area contributed by atoms with E-state index in [1.807, 2.05) is 36.4 Å². The van der Waals surface area contributed by atoms with E-state index < -0.39 is 0 Å². The standard InChI is InChI=1S/C14H13IN2O/c15-12-7-6-11(9-16)13(8-12)17-14(18)10-4-2-1-3-5-10/h1-8H,9,16H2,(H,17,18). The fraction of sp³-hybridized carbons (Fsp3) is 0.0714. The Morgan fingerprint density at radius 3 is 2.56 bits per heavy atom. The zero-order valence-corrected chi connectivity index (χ0v) is 11.8. The van der Waals surface area contributed by atoms with Crippen molar-refractivity contribution in [3.05, 3.63) is 63.2 Å². The predicted octanol–water partition coefficient (Wildman–Crippen LogP) is 3.00. The maximum Gasteiger partial charge on any atom is 0.255 e. The molecule has 3 N–H and O–H groups in total. The van der Waals surface area contributed by atoms with Crippen LogP contribution in [0.1, 0.15) is 15.9 Å².